The summed E-state index contributed by atoms with van der Waals surface area (Å²) in [7, 11) is 7.63. The van der Waals surface area contributed by atoms with E-state index in [-0.39, 0.29) is 5.28 Å². The van der Waals surface area contributed by atoms with Gasteiger partial charge in [-0.05, 0) is 105 Å². The molecule has 2 aromatic heterocycles. The number of nitrogens with zero attached hydrogens (tertiary/aromatic N) is 10. The Balaban J connectivity index is 0.000000197. The van der Waals surface area contributed by atoms with E-state index in [1.54, 1.807) is 38.7 Å². The summed E-state index contributed by atoms with van der Waals surface area (Å²) < 4.78 is 22.6. The van der Waals surface area contributed by atoms with Gasteiger partial charge in [0, 0.05) is 118 Å². The van der Waals surface area contributed by atoms with Crippen LogP contribution in [0.15, 0.2) is 109 Å². The molecule has 0 aliphatic carbocycles. The molecule has 2 fully saturated rings. The van der Waals surface area contributed by atoms with Gasteiger partial charge in [-0.15, -0.1) is 0 Å². The molecule has 0 amide bonds. The molecule has 0 unspecified atom stereocenters. The highest BCUT2D eigenvalue weighted by Gasteiger charge is 2.15. The summed E-state index contributed by atoms with van der Waals surface area (Å²) in [4.78, 5) is 29.9. The lowest BCUT2D eigenvalue weighted by atomic mass is 10.1. The van der Waals surface area contributed by atoms with E-state index >= 15 is 0 Å². The number of nitriles is 1. The minimum Gasteiger partial charge on any atom is -0.493 e. The van der Waals surface area contributed by atoms with Crippen molar-refractivity contribution >= 4 is 51.9 Å². The normalized spacial score (nSPS) is 13.9. The molecule has 19 heteroatoms. The highest BCUT2D eigenvalue weighted by molar-refractivity contribution is 6.28. The van der Waals surface area contributed by atoms with Gasteiger partial charge >= 0.3 is 0 Å². The molecule has 8 rings (SSSR count). The van der Waals surface area contributed by atoms with Crippen molar-refractivity contribution in [2.45, 2.75) is 25.8 Å². The van der Waals surface area contributed by atoms with E-state index in [1.165, 1.54) is 0 Å². The van der Waals surface area contributed by atoms with Gasteiger partial charge < -0.3 is 65.1 Å². The predicted octanol–water partition coefficient (Wildman–Crippen LogP) is 8.64. The molecular formula is C54H67ClN14O4. The molecule has 73 heavy (non-hydrogen) atoms. The maximum Gasteiger partial charge on any atom is 0.239 e. The van der Waals surface area contributed by atoms with Gasteiger partial charge in [0.1, 0.15) is 11.6 Å². The molecule has 384 valence electrons. The van der Waals surface area contributed by atoms with Gasteiger partial charge in [0.2, 0.25) is 17.8 Å². The number of benzene rings is 4. The number of methoxy groups -OCH3 is 2. The van der Waals surface area contributed by atoms with E-state index in [9.17, 15) is 0 Å². The van der Waals surface area contributed by atoms with Gasteiger partial charge in [-0.2, -0.15) is 10.2 Å². The lowest BCUT2D eigenvalue weighted by molar-refractivity contribution is 0.145. The van der Waals surface area contributed by atoms with Crippen LogP contribution in [0.2, 0.25) is 5.28 Å². The van der Waals surface area contributed by atoms with Gasteiger partial charge in [0.15, 0.2) is 23.0 Å². The monoisotopic (exact) mass is 1010 g/mol. The maximum atomic E-state index is 8.63. The summed E-state index contributed by atoms with van der Waals surface area (Å²) in [6, 6.07) is 32.1. The van der Waals surface area contributed by atoms with E-state index in [0.29, 0.717) is 60.9 Å². The number of anilines is 7. The number of hydrogen-bond donors (Lipinski definition) is 4. The minimum atomic E-state index is 0.197. The summed E-state index contributed by atoms with van der Waals surface area (Å²) in [5.74, 6) is 4.58. The first-order chi connectivity index (χ1) is 35.6. The van der Waals surface area contributed by atoms with Crippen molar-refractivity contribution in [3.05, 3.63) is 137 Å². The van der Waals surface area contributed by atoms with Gasteiger partial charge in [-0.25, -0.2) is 21.5 Å². The zero-order chi connectivity index (χ0) is 51.6. The van der Waals surface area contributed by atoms with Crippen LogP contribution in [0.1, 0.15) is 24.0 Å². The van der Waals surface area contributed by atoms with Crippen molar-refractivity contribution in [1.29, 1.82) is 5.26 Å². The third-order valence-electron chi connectivity index (χ3n) is 11.8. The first-order valence-electron chi connectivity index (χ1n) is 24.3. The maximum absolute atomic E-state index is 8.63. The van der Waals surface area contributed by atoms with E-state index in [0.717, 1.165) is 118 Å². The molecule has 4 aromatic carbocycles. The second kappa shape index (κ2) is 29.8. The zero-order valence-electron chi connectivity index (χ0n) is 42.3. The van der Waals surface area contributed by atoms with Crippen LogP contribution in [0.25, 0.3) is 4.85 Å². The lowest BCUT2D eigenvalue weighted by Crippen LogP contribution is -2.44. The Hall–Kier alpha value is -7.45. The van der Waals surface area contributed by atoms with Gasteiger partial charge in [0.05, 0.1) is 39.9 Å². The van der Waals surface area contributed by atoms with Crippen LogP contribution in [0.3, 0.4) is 0 Å². The molecule has 0 radical (unpaired) electrons. The number of nitrogens with one attached hydrogen (secondary N) is 3. The average molecular weight is 1010 g/mol. The molecule has 5 N–H and O–H groups in total. The van der Waals surface area contributed by atoms with E-state index in [1.807, 2.05) is 84.9 Å². The van der Waals surface area contributed by atoms with Crippen molar-refractivity contribution in [1.82, 2.24) is 39.5 Å². The molecule has 6 aromatic rings. The van der Waals surface area contributed by atoms with Crippen molar-refractivity contribution < 1.29 is 18.9 Å². The van der Waals surface area contributed by atoms with Crippen molar-refractivity contribution in [2.24, 2.45) is 0 Å². The number of rotatable bonds is 20. The Morgan fingerprint density at radius 3 is 1.75 bits per heavy atom. The summed E-state index contributed by atoms with van der Waals surface area (Å²) in [6.45, 7) is 19.9. The molecule has 0 spiro atoms. The standard InChI is InChI=1S/C27H33N7O2.C15H25N3O2.C12H9ClN4/c1-28-20-21-6-4-7-22(18-21)30-26-10-11-29-27(32-26)31-23-8-9-24(35-3)25(19-23)36-17-5-12-34-15-13-33(2)14-16-34;1-17-7-9-18(10-8-17)6-3-11-20-15-12-13(16)4-5-14(15)19-2;13-12-15-7-5-11(17-12)16-10-3-1-2-9(8-10)4-6-14/h4,6-11,18-19H,5,12-17,20H2,2-3H3,(H2,29,30,31,32);4-5,12H,3,6-11,16H2,1-2H3;1-3,5,7-8H,4H2,(H,15,16,17). The van der Waals surface area contributed by atoms with Crippen LogP contribution in [0, 0.1) is 17.9 Å². The predicted molar refractivity (Wildman–Crippen MR) is 290 cm³/mol. The first-order valence-corrected chi connectivity index (χ1v) is 24.7. The topological polar surface area (TPSA) is 192 Å². The summed E-state index contributed by atoms with van der Waals surface area (Å²) in [5, 5.41) is 18.5. The number of ether oxygens (including phenoxy) is 4. The fourth-order valence-electron chi connectivity index (χ4n) is 7.76. The third-order valence-corrected chi connectivity index (χ3v) is 12.0. The van der Waals surface area contributed by atoms with Crippen LogP contribution < -0.4 is 40.6 Å². The Bertz CT molecular complexity index is 2700. The summed E-state index contributed by atoms with van der Waals surface area (Å²) >= 11 is 5.69. The fraction of sp³-hybridized carbons (Fsp3) is 0.370. The molecule has 2 saturated heterocycles. The number of piperazine rings is 2. The van der Waals surface area contributed by atoms with Crippen molar-refractivity contribution in [3.8, 4) is 29.1 Å². The number of aromatic nitrogens is 4. The number of nitrogens with two attached hydrogens (primary N) is 1. The minimum absolute atomic E-state index is 0.197. The molecular weight excluding hydrogens is 944 g/mol. The van der Waals surface area contributed by atoms with Crippen molar-refractivity contribution in [3.63, 3.8) is 0 Å². The molecule has 2 aliphatic rings. The van der Waals surface area contributed by atoms with E-state index < -0.39 is 0 Å². The molecule has 18 nitrogen and oxygen atoms in total. The molecule has 0 bridgehead atoms. The lowest BCUT2D eigenvalue weighted by Gasteiger charge is -2.32. The van der Waals surface area contributed by atoms with Crippen LogP contribution in [-0.4, -0.2) is 147 Å². The second-order valence-electron chi connectivity index (χ2n) is 17.4. The molecule has 0 saturated carbocycles. The quantitative estimate of drug-likeness (QED) is 0.0246. The first kappa shape index (κ1) is 54.9. The smallest absolute Gasteiger partial charge is 0.239 e. The highest BCUT2D eigenvalue weighted by atomic mass is 35.5. The summed E-state index contributed by atoms with van der Waals surface area (Å²) in [6.07, 6.45) is 5.64. The van der Waals surface area contributed by atoms with Crippen LogP contribution in [-0.2, 0) is 13.0 Å². The van der Waals surface area contributed by atoms with Gasteiger partial charge in [-0.1, -0.05) is 24.3 Å². The zero-order valence-corrected chi connectivity index (χ0v) is 43.0. The number of likely N-dealkylation sites (N-methyl/N-ethyl adjacent to an activating group) is 2. The SMILES string of the molecule is COc1ccc(N)cc1OCCCN1CCN(C)CC1.N#CCc1cccc(Nc2ccnc(Cl)n2)c1.[C-]#[N+]Cc1cccc(Nc2ccnc(Nc3ccc(OC)c(OCCCN4CCN(C)CC4)c3)n2)c1. The van der Waals surface area contributed by atoms with Crippen LogP contribution in [0.4, 0.5) is 40.3 Å². The van der Waals surface area contributed by atoms with Gasteiger partial charge in [0.25, 0.3) is 0 Å². The highest BCUT2D eigenvalue weighted by Crippen LogP contribution is 2.32. The van der Waals surface area contributed by atoms with Crippen LogP contribution in [0.5, 0.6) is 23.0 Å². The van der Waals surface area contributed by atoms with Crippen LogP contribution >= 0.6 is 11.6 Å². The average Bonchev–Trinajstić information content (AvgIpc) is 3.39. The Morgan fingerprint density at radius 1 is 0.644 bits per heavy atom. The number of nitrogen functional groups attached to an aromatic ring is 1. The fourth-order valence-corrected chi connectivity index (χ4v) is 7.91. The third kappa shape index (κ3) is 19.2. The Labute approximate surface area is 434 Å². The largest absolute Gasteiger partial charge is 0.493 e. The van der Waals surface area contributed by atoms with Gasteiger partial charge in [-0.3, -0.25) is 0 Å². The Kier molecular flexibility index (Phi) is 22.4. The molecule has 4 heterocycles. The second-order valence-corrected chi connectivity index (χ2v) is 17.7. The van der Waals surface area contributed by atoms with E-state index in [4.69, 9.17) is 48.1 Å². The molecule has 2 aliphatic heterocycles. The molecule has 0 atom stereocenters. The Morgan fingerprint density at radius 2 is 1.18 bits per heavy atom. The van der Waals surface area contributed by atoms with Crippen molar-refractivity contribution in [2.75, 3.05) is 129 Å². The number of hydrogen-bond acceptors (Lipinski definition) is 17. The summed E-state index contributed by atoms with van der Waals surface area (Å²) in [5.41, 5.74) is 10.9. The van der Waals surface area contributed by atoms with E-state index in [2.05, 4.69) is 80.5 Å². The number of halogens is 1.